The quantitative estimate of drug-likeness (QED) is 0.150. The van der Waals surface area contributed by atoms with E-state index < -0.39 is 16.3 Å². The zero-order valence-electron chi connectivity index (χ0n) is 17.0. The fourth-order valence-corrected chi connectivity index (χ4v) is 3.76. The largest absolute Gasteiger partial charge is 0.481 e. The first-order valence-electron chi connectivity index (χ1n) is 9.65. The average molecular weight is 451 g/mol. The van der Waals surface area contributed by atoms with Crippen molar-refractivity contribution < 1.29 is 18.3 Å². The lowest BCUT2D eigenvalue weighted by atomic mass is 9.88. The van der Waals surface area contributed by atoms with Crippen molar-refractivity contribution in [2.75, 3.05) is 4.90 Å². The zero-order chi connectivity index (χ0) is 22.9. The van der Waals surface area contributed by atoms with Crippen molar-refractivity contribution in [3.8, 4) is 0 Å². The van der Waals surface area contributed by atoms with Crippen LogP contribution in [0.5, 0.6) is 0 Å². The molecule has 0 amide bonds. The first kappa shape index (κ1) is 22.7. The number of benzene rings is 3. The second-order valence-electron chi connectivity index (χ2n) is 6.83. The Morgan fingerprint density at radius 3 is 2.31 bits per heavy atom. The fourth-order valence-electron chi connectivity index (χ4n) is 3.35. The number of aliphatic carboxylic acids is 1. The number of carbonyl (C=O) groups is 1. The maximum Gasteiger partial charge on any atom is 0.304 e. The van der Waals surface area contributed by atoms with E-state index in [4.69, 9.17) is 5.84 Å². The molecule has 3 rings (SSSR count). The average Bonchev–Trinajstić information content (AvgIpc) is 2.80. The van der Waals surface area contributed by atoms with Gasteiger partial charge in [-0.15, -0.1) is 0 Å². The Morgan fingerprint density at radius 2 is 1.69 bits per heavy atom. The van der Waals surface area contributed by atoms with Crippen molar-refractivity contribution in [1.29, 1.82) is 0 Å². The van der Waals surface area contributed by atoms with Gasteiger partial charge in [-0.1, -0.05) is 42.5 Å². The molecule has 1 unspecified atom stereocenters. The second-order valence-corrected chi connectivity index (χ2v) is 7.57. The van der Waals surface area contributed by atoms with Crippen molar-refractivity contribution in [3.05, 3.63) is 90.0 Å². The SMILES string of the molecule is NNC=Nc1ccc(N(C=S(=O)=O)c2cccc(C(CC(=O)O)c3ccccc3)c2)cc1. The van der Waals surface area contributed by atoms with Gasteiger partial charge in [0.2, 0.25) is 10.3 Å². The summed E-state index contributed by atoms with van der Waals surface area (Å²) >= 11 is 0. The molecule has 0 saturated heterocycles. The number of hydrazine groups is 1. The van der Waals surface area contributed by atoms with Gasteiger partial charge in [0.25, 0.3) is 0 Å². The molecule has 3 aromatic carbocycles. The summed E-state index contributed by atoms with van der Waals surface area (Å²) in [7, 11) is -2.47. The van der Waals surface area contributed by atoms with Crippen LogP contribution in [0.2, 0.25) is 0 Å². The maximum absolute atomic E-state index is 11.5. The van der Waals surface area contributed by atoms with Gasteiger partial charge in [-0.05, 0) is 47.5 Å². The van der Waals surface area contributed by atoms with Crippen LogP contribution in [-0.2, 0) is 15.1 Å². The van der Waals surface area contributed by atoms with Gasteiger partial charge < -0.3 is 15.4 Å². The fraction of sp³-hybridized carbons (Fsp3) is 0.0870. The molecule has 1 atom stereocenters. The number of nitrogens with zero attached hydrogens (tertiary/aromatic N) is 2. The van der Waals surface area contributed by atoms with Crippen LogP contribution < -0.4 is 16.2 Å². The van der Waals surface area contributed by atoms with Gasteiger partial charge in [0.15, 0.2) is 0 Å². The lowest BCUT2D eigenvalue weighted by Gasteiger charge is -2.22. The Morgan fingerprint density at radius 1 is 1.00 bits per heavy atom. The summed E-state index contributed by atoms with van der Waals surface area (Å²) in [6.45, 7) is 0. The highest BCUT2D eigenvalue weighted by Crippen LogP contribution is 2.33. The molecule has 3 aromatic rings. The molecule has 0 heterocycles. The lowest BCUT2D eigenvalue weighted by molar-refractivity contribution is -0.137. The zero-order valence-corrected chi connectivity index (χ0v) is 17.8. The molecule has 0 radical (unpaired) electrons. The van der Waals surface area contributed by atoms with Crippen molar-refractivity contribution >= 4 is 45.2 Å². The number of rotatable bonds is 9. The van der Waals surface area contributed by atoms with Gasteiger partial charge >= 0.3 is 5.97 Å². The Balaban J connectivity index is 2.03. The van der Waals surface area contributed by atoms with Crippen LogP contribution in [0.4, 0.5) is 17.1 Å². The van der Waals surface area contributed by atoms with E-state index in [9.17, 15) is 18.3 Å². The van der Waals surface area contributed by atoms with E-state index in [1.807, 2.05) is 36.4 Å². The molecule has 4 N–H and O–H groups in total. The Hall–Kier alpha value is -3.95. The van der Waals surface area contributed by atoms with Gasteiger partial charge in [-0.2, -0.15) is 8.42 Å². The molecule has 0 aliphatic carbocycles. The van der Waals surface area contributed by atoms with Crippen LogP contribution in [0.25, 0.3) is 0 Å². The number of aliphatic imine (C=N–C) groups is 1. The smallest absolute Gasteiger partial charge is 0.304 e. The number of hydrogen-bond donors (Lipinski definition) is 3. The van der Waals surface area contributed by atoms with Gasteiger partial charge in [-0.25, -0.2) is 10.8 Å². The van der Waals surface area contributed by atoms with Crippen LogP contribution >= 0.6 is 0 Å². The molecule has 0 bridgehead atoms. The molecule has 8 nitrogen and oxygen atoms in total. The van der Waals surface area contributed by atoms with Crippen LogP contribution in [-0.4, -0.2) is 31.3 Å². The molecule has 9 heteroatoms. The summed E-state index contributed by atoms with van der Waals surface area (Å²) in [6.07, 6.45) is 1.24. The predicted octanol–water partition coefficient (Wildman–Crippen LogP) is 3.19. The molecule has 0 aromatic heterocycles. The van der Waals surface area contributed by atoms with Crippen LogP contribution in [0, 0.1) is 0 Å². The topological polar surface area (TPSA) is 125 Å². The van der Waals surface area contributed by atoms with Gasteiger partial charge in [0.05, 0.1) is 12.1 Å². The Labute approximate surface area is 187 Å². The molecule has 0 aliphatic rings. The third-order valence-electron chi connectivity index (χ3n) is 4.74. The highest BCUT2D eigenvalue weighted by molar-refractivity contribution is 7.71. The van der Waals surface area contributed by atoms with Gasteiger partial charge in [-0.3, -0.25) is 4.79 Å². The standard InChI is InChI=1S/C23H22N4O4S/c24-26-15-25-19-9-11-20(12-10-19)27(16-32(30)31)21-8-4-7-18(13-21)22(14-23(28)29)17-5-2-1-3-6-17/h1-13,15-16,22H,14,24H2,(H,25,26)(H,28,29). The number of nitrogens with one attached hydrogen (secondary N) is 1. The first-order chi connectivity index (χ1) is 15.5. The van der Waals surface area contributed by atoms with Crippen molar-refractivity contribution in [2.24, 2.45) is 10.8 Å². The summed E-state index contributed by atoms with van der Waals surface area (Å²) in [5.74, 6) is 3.88. The minimum atomic E-state index is -2.47. The predicted molar refractivity (Wildman–Crippen MR) is 126 cm³/mol. The summed E-state index contributed by atoms with van der Waals surface area (Å²) in [4.78, 5) is 17.1. The van der Waals surface area contributed by atoms with E-state index in [1.165, 1.54) is 11.2 Å². The second kappa shape index (κ2) is 10.9. The third kappa shape index (κ3) is 6.03. The highest BCUT2D eigenvalue weighted by atomic mass is 32.2. The van der Waals surface area contributed by atoms with E-state index in [1.54, 1.807) is 42.5 Å². The van der Waals surface area contributed by atoms with Crippen LogP contribution in [0.1, 0.15) is 23.5 Å². The molecule has 0 saturated carbocycles. The molecule has 0 spiro atoms. The summed E-state index contributed by atoms with van der Waals surface area (Å²) < 4.78 is 23.1. The monoisotopic (exact) mass is 450 g/mol. The van der Waals surface area contributed by atoms with Crippen molar-refractivity contribution in [2.45, 2.75) is 12.3 Å². The maximum atomic E-state index is 11.5. The summed E-state index contributed by atoms with van der Waals surface area (Å²) in [6, 6.07) is 23.4. The minimum absolute atomic E-state index is 0.0907. The third-order valence-corrected chi connectivity index (χ3v) is 5.12. The number of nitrogens with two attached hydrogens (primary N) is 1. The summed E-state index contributed by atoms with van der Waals surface area (Å²) in [5.41, 5.74) is 6.82. The number of carboxylic acid groups (broad SMARTS) is 1. The molecule has 0 fully saturated rings. The molecule has 0 aliphatic heterocycles. The highest BCUT2D eigenvalue weighted by Gasteiger charge is 2.19. The van der Waals surface area contributed by atoms with E-state index in [2.05, 4.69) is 10.4 Å². The molecular weight excluding hydrogens is 428 g/mol. The van der Waals surface area contributed by atoms with Crippen molar-refractivity contribution in [1.82, 2.24) is 5.43 Å². The number of anilines is 2. The van der Waals surface area contributed by atoms with E-state index in [0.29, 0.717) is 17.1 Å². The van der Waals surface area contributed by atoms with E-state index >= 15 is 0 Å². The Bertz CT molecular complexity index is 1220. The van der Waals surface area contributed by atoms with Gasteiger partial charge in [0.1, 0.15) is 11.8 Å². The van der Waals surface area contributed by atoms with E-state index in [-0.39, 0.29) is 12.3 Å². The summed E-state index contributed by atoms with van der Waals surface area (Å²) in [5, 5.41) is 9.45. The van der Waals surface area contributed by atoms with Crippen LogP contribution in [0.15, 0.2) is 83.9 Å². The normalized spacial score (nSPS) is 11.7. The molecular formula is C23H22N4O4S. The minimum Gasteiger partial charge on any atom is -0.481 e. The van der Waals surface area contributed by atoms with Crippen molar-refractivity contribution in [3.63, 3.8) is 0 Å². The molecule has 32 heavy (non-hydrogen) atoms. The van der Waals surface area contributed by atoms with Crippen LogP contribution in [0.3, 0.4) is 0 Å². The number of carboxylic acids is 1. The molecule has 164 valence electrons. The first-order valence-corrected chi connectivity index (χ1v) is 10.8. The number of hydrogen-bond acceptors (Lipinski definition) is 5. The lowest BCUT2D eigenvalue weighted by Crippen LogP contribution is -2.18. The van der Waals surface area contributed by atoms with E-state index in [0.717, 1.165) is 16.6 Å². The van der Waals surface area contributed by atoms with Gasteiger partial charge in [0, 0.05) is 17.3 Å². The Kier molecular flexibility index (Phi) is 7.74.